The first-order valence-corrected chi connectivity index (χ1v) is 11.5. The van der Waals surface area contributed by atoms with Gasteiger partial charge in [0.15, 0.2) is 0 Å². The fraction of sp³-hybridized carbons (Fsp3) is 0.500. The molecule has 0 saturated heterocycles. The van der Waals surface area contributed by atoms with Gasteiger partial charge in [0.25, 0.3) is 5.91 Å². The minimum Gasteiger partial charge on any atom is -0.307 e. The highest BCUT2D eigenvalue weighted by atomic mass is 32.2. The molecule has 2 aliphatic carbocycles. The molecule has 0 radical (unpaired) electrons. The number of hydrogen-bond donors (Lipinski definition) is 2. The third-order valence-electron chi connectivity index (χ3n) is 5.67. The Balaban J connectivity index is 1.50. The number of nitrogens with one attached hydrogen (secondary N) is 2. The van der Waals surface area contributed by atoms with E-state index >= 15 is 0 Å². The Morgan fingerprint density at radius 3 is 2.50 bits per heavy atom. The van der Waals surface area contributed by atoms with Gasteiger partial charge < -0.3 is 5.32 Å². The highest BCUT2D eigenvalue weighted by molar-refractivity contribution is 7.89. The van der Waals surface area contributed by atoms with Gasteiger partial charge in [-0.1, -0.05) is 31.7 Å². The first kappa shape index (κ1) is 19.1. The number of carbonyl (C=O) groups excluding carboxylic acids is 1. The van der Waals surface area contributed by atoms with Crippen molar-refractivity contribution in [3.05, 3.63) is 42.1 Å². The van der Waals surface area contributed by atoms with Crippen LogP contribution in [0.4, 0.5) is 5.82 Å². The second-order valence-electron chi connectivity index (χ2n) is 7.68. The van der Waals surface area contributed by atoms with Gasteiger partial charge in [0.1, 0.15) is 5.82 Å². The van der Waals surface area contributed by atoms with Gasteiger partial charge in [0.05, 0.1) is 17.1 Å². The maximum Gasteiger partial charge on any atom is 0.256 e. The molecule has 2 fully saturated rings. The van der Waals surface area contributed by atoms with Crippen LogP contribution >= 0.6 is 0 Å². The lowest BCUT2D eigenvalue weighted by Crippen LogP contribution is -2.32. The lowest BCUT2D eigenvalue weighted by atomic mass is 10.2. The number of benzene rings is 1. The van der Waals surface area contributed by atoms with Crippen molar-refractivity contribution in [2.75, 3.05) is 5.32 Å². The third kappa shape index (κ3) is 4.12. The quantitative estimate of drug-likeness (QED) is 0.774. The summed E-state index contributed by atoms with van der Waals surface area (Å²) in [7, 11) is -3.63. The summed E-state index contributed by atoms with van der Waals surface area (Å²) in [6.45, 7) is 0. The first-order chi connectivity index (χ1) is 13.5. The van der Waals surface area contributed by atoms with E-state index in [0.29, 0.717) is 17.4 Å². The lowest BCUT2D eigenvalue weighted by molar-refractivity contribution is 0.102. The molecular weight excluding hydrogens is 376 g/mol. The fourth-order valence-corrected chi connectivity index (χ4v) is 5.53. The van der Waals surface area contributed by atoms with Crippen LogP contribution in [0.2, 0.25) is 0 Å². The predicted molar refractivity (Wildman–Crippen MR) is 107 cm³/mol. The van der Waals surface area contributed by atoms with E-state index in [2.05, 4.69) is 15.1 Å². The summed E-state index contributed by atoms with van der Waals surface area (Å²) in [6.07, 6.45) is 9.97. The van der Waals surface area contributed by atoms with Crippen LogP contribution in [0.25, 0.3) is 0 Å². The summed E-state index contributed by atoms with van der Waals surface area (Å²) in [4.78, 5) is 12.9. The van der Waals surface area contributed by atoms with Gasteiger partial charge in [-0.15, -0.1) is 0 Å². The molecule has 4 rings (SSSR count). The molecule has 8 heteroatoms. The molecule has 2 aromatic rings. The van der Waals surface area contributed by atoms with Crippen molar-refractivity contribution in [2.24, 2.45) is 0 Å². The molecule has 2 aliphatic rings. The van der Waals surface area contributed by atoms with Crippen molar-refractivity contribution < 1.29 is 13.2 Å². The summed E-state index contributed by atoms with van der Waals surface area (Å²) in [5.41, 5.74) is 0.313. The molecule has 28 heavy (non-hydrogen) atoms. The average molecular weight is 403 g/mol. The minimum atomic E-state index is -3.63. The van der Waals surface area contributed by atoms with Gasteiger partial charge >= 0.3 is 0 Å². The second kappa shape index (κ2) is 8.05. The Bertz CT molecular complexity index is 942. The fourth-order valence-electron chi connectivity index (χ4n) is 4.18. The van der Waals surface area contributed by atoms with Gasteiger partial charge in [0, 0.05) is 17.7 Å². The van der Waals surface area contributed by atoms with Crippen molar-refractivity contribution in [1.29, 1.82) is 0 Å². The molecule has 1 heterocycles. The standard InChI is InChI=1S/C20H26N4O3S/c25-20(22-19-12-13-21-24(19)17-9-3-4-10-17)15-6-5-11-18(14-15)28(26,27)23-16-7-1-2-8-16/h5-6,11-14,16-17,23H,1-4,7-10H2,(H,22,25). The summed E-state index contributed by atoms with van der Waals surface area (Å²) in [5, 5.41) is 7.24. The normalized spacial score (nSPS) is 18.6. The highest BCUT2D eigenvalue weighted by Gasteiger charge is 2.24. The van der Waals surface area contributed by atoms with Gasteiger partial charge in [-0.2, -0.15) is 5.10 Å². The molecule has 7 nitrogen and oxygen atoms in total. The topological polar surface area (TPSA) is 93.1 Å². The molecule has 0 atom stereocenters. The Labute approximate surface area is 165 Å². The van der Waals surface area contributed by atoms with Crippen molar-refractivity contribution in [1.82, 2.24) is 14.5 Å². The molecular formula is C20H26N4O3S. The Morgan fingerprint density at radius 1 is 1.04 bits per heavy atom. The van der Waals surface area contributed by atoms with Crippen LogP contribution in [0.1, 0.15) is 67.8 Å². The molecule has 150 valence electrons. The summed E-state index contributed by atoms with van der Waals surface area (Å²) in [5.74, 6) is 0.312. The zero-order chi connectivity index (χ0) is 19.6. The SMILES string of the molecule is O=C(Nc1ccnn1C1CCCC1)c1cccc(S(=O)(=O)NC2CCCC2)c1. The van der Waals surface area contributed by atoms with E-state index in [0.717, 1.165) is 38.5 Å². The number of amides is 1. The summed E-state index contributed by atoms with van der Waals surface area (Å²) >= 11 is 0. The molecule has 0 unspecified atom stereocenters. The largest absolute Gasteiger partial charge is 0.307 e. The van der Waals surface area contributed by atoms with E-state index < -0.39 is 10.0 Å². The van der Waals surface area contributed by atoms with Gasteiger partial charge in [-0.3, -0.25) is 4.79 Å². The van der Waals surface area contributed by atoms with E-state index in [1.807, 2.05) is 4.68 Å². The van der Waals surface area contributed by atoms with Crippen LogP contribution in [0.3, 0.4) is 0 Å². The first-order valence-electron chi connectivity index (χ1n) is 10.0. The maximum atomic E-state index is 12.7. The molecule has 0 spiro atoms. The molecule has 0 bridgehead atoms. The average Bonchev–Trinajstić information content (AvgIpc) is 3.44. The minimum absolute atomic E-state index is 0.0109. The summed E-state index contributed by atoms with van der Waals surface area (Å²) < 4.78 is 29.9. The van der Waals surface area contributed by atoms with Crippen LogP contribution in [0, 0.1) is 0 Å². The van der Waals surface area contributed by atoms with Crippen molar-refractivity contribution in [3.8, 4) is 0 Å². The van der Waals surface area contributed by atoms with Gasteiger partial charge in [-0.25, -0.2) is 17.8 Å². The van der Waals surface area contributed by atoms with Gasteiger partial charge in [-0.05, 0) is 43.9 Å². The van der Waals surface area contributed by atoms with E-state index in [4.69, 9.17) is 0 Å². The van der Waals surface area contributed by atoms with Crippen LogP contribution in [0.5, 0.6) is 0 Å². The number of aromatic nitrogens is 2. The van der Waals surface area contributed by atoms with Crippen LogP contribution < -0.4 is 10.0 Å². The van der Waals surface area contributed by atoms with Crippen molar-refractivity contribution >= 4 is 21.7 Å². The molecule has 1 aromatic carbocycles. The maximum absolute atomic E-state index is 12.7. The highest BCUT2D eigenvalue weighted by Crippen LogP contribution is 2.31. The molecule has 1 aromatic heterocycles. The van der Waals surface area contributed by atoms with Crippen LogP contribution in [-0.4, -0.2) is 30.1 Å². The van der Waals surface area contributed by atoms with Gasteiger partial charge in [0.2, 0.25) is 10.0 Å². The number of carbonyl (C=O) groups is 1. The Kier molecular flexibility index (Phi) is 5.50. The number of sulfonamides is 1. The van der Waals surface area contributed by atoms with E-state index in [1.54, 1.807) is 24.4 Å². The molecule has 2 N–H and O–H groups in total. The smallest absolute Gasteiger partial charge is 0.256 e. The van der Waals surface area contributed by atoms with Crippen LogP contribution in [0.15, 0.2) is 41.4 Å². The van der Waals surface area contributed by atoms with Crippen molar-refractivity contribution in [2.45, 2.75) is 68.3 Å². The molecule has 0 aliphatic heterocycles. The Morgan fingerprint density at radius 2 is 1.75 bits per heavy atom. The molecule has 2 saturated carbocycles. The number of rotatable bonds is 6. The molecule has 1 amide bonds. The van der Waals surface area contributed by atoms with E-state index in [-0.39, 0.29) is 16.8 Å². The van der Waals surface area contributed by atoms with E-state index in [9.17, 15) is 13.2 Å². The predicted octanol–water partition coefficient (Wildman–Crippen LogP) is 3.47. The third-order valence-corrected chi connectivity index (χ3v) is 7.18. The van der Waals surface area contributed by atoms with Crippen LogP contribution in [-0.2, 0) is 10.0 Å². The summed E-state index contributed by atoms with van der Waals surface area (Å²) in [6, 6.07) is 8.26. The lowest BCUT2D eigenvalue weighted by Gasteiger charge is -2.15. The number of anilines is 1. The monoisotopic (exact) mass is 402 g/mol. The second-order valence-corrected chi connectivity index (χ2v) is 9.40. The zero-order valence-electron chi connectivity index (χ0n) is 15.8. The van der Waals surface area contributed by atoms with Crippen molar-refractivity contribution in [3.63, 3.8) is 0 Å². The zero-order valence-corrected chi connectivity index (χ0v) is 16.6. The van der Waals surface area contributed by atoms with E-state index in [1.165, 1.54) is 25.0 Å². The Hall–Kier alpha value is -2.19. The number of nitrogens with zero attached hydrogens (tertiary/aromatic N) is 2. The number of hydrogen-bond acceptors (Lipinski definition) is 4.